The highest BCUT2D eigenvalue weighted by molar-refractivity contribution is 5.60. The van der Waals surface area contributed by atoms with Gasteiger partial charge in [0, 0.05) is 38.0 Å². The summed E-state index contributed by atoms with van der Waals surface area (Å²) in [4.78, 5) is 11.4. The van der Waals surface area contributed by atoms with Gasteiger partial charge in [0.2, 0.25) is 0 Å². The lowest BCUT2D eigenvalue weighted by molar-refractivity contribution is 0.0422. The molecule has 0 bridgehead atoms. The molecule has 2 aromatic heterocycles. The standard InChI is InChI=1S/C21H25N5O3/c1-15-4-3-5-16(12-15)17-6-7-26(24-17)20-13-19(25-8-10-29-11-9-25)22-21(23-20)18(14-27)28-2/h3-7,12-13,18,27H,8-11,14H2,1-2H3. The summed E-state index contributed by atoms with van der Waals surface area (Å²) in [6, 6.07) is 12.1. The zero-order chi connectivity index (χ0) is 20.2. The Labute approximate surface area is 169 Å². The number of aromatic nitrogens is 4. The van der Waals surface area contributed by atoms with Crippen molar-refractivity contribution in [3.63, 3.8) is 0 Å². The third-order valence-electron chi connectivity index (χ3n) is 4.93. The van der Waals surface area contributed by atoms with Crippen molar-refractivity contribution in [1.29, 1.82) is 0 Å². The van der Waals surface area contributed by atoms with Crippen LogP contribution in [0.25, 0.3) is 17.1 Å². The number of aliphatic hydroxyl groups is 1. The van der Waals surface area contributed by atoms with Crippen LogP contribution >= 0.6 is 0 Å². The Bertz CT molecular complexity index is 964. The molecule has 1 aliphatic rings. The molecule has 0 aliphatic carbocycles. The van der Waals surface area contributed by atoms with Gasteiger partial charge in [0.25, 0.3) is 0 Å². The van der Waals surface area contributed by atoms with E-state index in [1.165, 1.54) is 12.7 Å². The van der Waals surface area contributed by atoms with Crippen molar-refractivity contribution in [3.05, 3.63) is 54.0 Å². The lowest BCUT2D eigenvalue weighted by Gasteiger charge is -2.28. The number of ether oxygens (including phenoxy) is 2. The van der Waals surface area contributed by atoms with Gasteiger partial charge < -0.3 is 19.5 Å². The van der Waals surface area contributed by atoms with Gasteiger partial charge in [0.15, 0.2) is 11.6 Å². The molecule has 152 valence electrons. The molecule has 0 amide bonds. The zero-order valence-corrected chi connectivity index (χ0v) is 16.7. The summed E-state index contributed by atoms with van der Waals surface area (Å²) in [6.45, 7) is 4.67. The molecule has 4 rings (SSSR count). The van der Waals surface area contributed by atoms with E-state index in [0.717, 1.165) is 30.2 Å². The second-order valence-electron chi connectivity index (χ2n) is 6.96. The average molecular weight is 395 g/mol. The fourth-order valence-electron chi connectivity index (χ4n) is 3.33. The number of aliphatic hydroxyl groups excluding tert-OH is 1. The van der Waals surface area contributed by atoms with Crippen molar-refractivity contribution >= 4 is 5.82 Å². The minimum Gasteiger partial charge on any atom is -0.393 e. The summed E-state index contributed by atoms with van der Waals surface area (Å²) in [5.41, 5.74) is 3.10. The summed E-state index contributed by atoms with van der Waals surface area (Å²) in [5.74, 6) is 1.84. The maximum Gasteiger partial charge on any atom is 0.164 e. The SMILES string of the molecule is COC(CO)c1nc(N2CCOCC2)cc(-n2ccc(-c3cccc(C)c3)n2)n1. The Morgan fingerprint density at radius 2 is 1.93 bits per heavy atom. The molecular formula is C21H25N5O3. The van der Waals surface area contributed by atoms with Gasteiger partial charge in [0.1, 0.15) is 11.9 Å². The van der Waals surface area contributed by atoms with Gasteiger partial charge in [-0.3, -0.25) is 0 Å². The number of benzene rings is 1. The first-order valence-electron chi connectivity index (χ1n) is 9.66. The maximum atomic E-state index is 9.66. The molecule has 3 heterocycles. The molecule has 0 spiro atoms. The number of aryl methyl sites for hydroxylation is 1. The number of hydrogen-bond donors (Lipinski definition) is 1. The first kappa shape index (κ1) is 19.5. The fraction of sp³-hybridized carbons (Fsp3) is 0.381. The van der Waals surface area contributed by atoms with Gasteiger partial charge in [-0.15, -0.1) is 0 Å². The second kappa shape index (κ2) is 8.69. The van der Waals surface area contributed by atoms with E-state index in [2.05, 4.69) is 33.9 Å². The quantitative estimate of drug-likeness (QED) is 0.684. The minimum absolute atomic E-state index is 0.198. The molecule has 8 heteroatoms. The van der Waals surface area contributed by atoms with Crippen LogP contribution in [0.4, 0.5) is 5.82 Å². The highest BCUT2D eigenvalue weighted by atomic mass is 16.5. The Morgan fingerprint density at radius 3 is 2.66 bits per heavy atom. The molecule has 0 radical (unpaired) electrons. The van der Waals surface area contributed by atoms with Gasteiger partial charge in [-0.2, -0.15) is 5.10 Å². The van der Waals surface area contributed by atoms with Crippen LogP contribution in [0.3, 0.4) is 0 Å². The van der Waals surface area contributed by atoms with Crippen LogP contribution in [-0.4, -0.2) is 64.9 Å². The summed E-state index contributed by atoms with van der Waals surface area (Å²) >= 11 is 0. The van der Waals surface area contributed by atoms with Crippen LogP contribution in [0.1, 0.15) is 17.5 Å². The monoisotopic (exact) mass is 395 g/mol. The molecule has 29 heavy (non-hydrogen) atoms. The molecule has 1 aromatic carbocycles. The molecule has 1 fully saturated rings. The molecular weight excluding hydrogens is 370 g/mol. The molecule has 8 nitrogen and oxygen atoms in total. The number of nitrogens with zero attached hydrogens (tertiary/aromatic N) is 5. The van der Waals surface area contributed by atoms with Crippen LogP contribution in [0.5, 0.6) is 0 Å². The number of methoxy groups -OCH3 is 1. The average Bonchev–Trinajstić information content (AvgIpc) is 3.26. The van der Waals surface area contributed by atoms with Crippen molar-refractivity contribution in [1.82, 2.24) is 19.7 Å². The van der Waals surface area contributed by atoms with Crippen LogP contribution in [-0.2, 0) is 9.47 Å². The Morgan fingerprint density at radius 1 is 1.14 bits per heavy atom. The second-order valence-corrected chi connectivity index (χ2v) is 6.96. The van der Waals surface area contributed by atoms with Crippen molar-refractivity contribution in [2.45, 2.75) is 13.0 Å². The van der Waals surface area contributed by atoms with E-state index < -0.39 is 6.10 Å². The fourth-order valence-corrected chi connectivity index (χ4v) is 3.33. The highest BCUT2D eigenvalue weighted by Crippen LogP contribution is 2.23. The van der Waals surface area contributed by atoms with E-state index in [-0.39, 0.29) is 6.61 Å². The number of anilines is 1. The lowest BCUT2D eigenvalue weighted by atomic mass is 10.1. The Balaban J connectivity index is 1.73. The topological polar surface area (TPSA) is 85.5 Å². The number of morpholine rings is 1. The third kappa shape index (κ3) is 4.29. The van der Waals surface area contributed by atoms with Crippen molar-refractivity contribution in [2.75, 3.05) is 44.9 Å². The highest BCUT2D eigenvalue weighted by Gasteiger charge is 2.20. The first-order valence-corrected chi connectivity index (χ1v) is 9.66. The molecule has 3 aromatic rings. The van der Waals surface area contributed by atoms with Gasteiger partial charge >= 0.3 is 0 Å². The van der Waals surface area contributed by atoms with Crippen molar-refractivity contribution < 1.29 is 14.6 Å². The third-order valence-corrected chi connectivity index (χ3v) is 4.93. The van der Waals surface area contributed by atoms with Crippen molar-refractivity contribution in [3.8, 4) is 17.1 Å². The normalized spacial score (nSPS) is 15.5. The molecule has 1 saturated heterocycles. The Kier molecular flexibility index (Phi) is 5.84. The lowest BCUT2D eigenvalue weighted by Crippen LogP contribution is -2.37. The van der Waals surface area contributed by atoms with E-state index in [1.807, 2.05) is 30.5 Å². The predicted molar refractivity (Wildman–Crippen MR) is 109 cm³/mol. The number of hydrogen-bond acceptors (Lipinski definition) is 7. The van der Waals surface area contributed by atoms with Gasteiger partial charge in [-0.05, 0) is 19.1 Å². The largest absolute Gasteiger partial charge is 0.393 e. The van der Waals surface area contributed by atoms with E-state index in [9.17, 15) is 5.11 Å². The minimum atomic E-state index is -0.596. The van der Waals surface area contributed by atoms with E-state index in [0.29, 0.717) is 24.9 Å². The van der Waals surface area contributed by atoms with Crippen LogP contribution in [0.15, 0.2) is 42.6 Å². The summed E-state index contributed by atoms with van der Waals surface area (Å²) in [5, 5.41) is 14.4. The molecule has 1 unspecified atom stereocenters. The van der Waals surface area contributed by atoms with Crippen LogP contribution in [0.2, 0.25) is 0 Å². The zero-order valence-electron chi connectivity index (χ0n) is 16.7. The summed E-state index contributed by atoms with van der Waals surface area (Å²) < 4.78 is 12.5. The van der Waals surface area contributed by atoms with Crippen LogP contribution in [0, 0.1) is 6.92 Å². The number of rotatable bonds is 6. The van der Waals surface area contributed by atoms with Gasteiger partial charge in [-0.25, -0.2) is 14.6 Å². The van der Waals surface area contributed by atoms with Crippen LogP contribution < -0.4 is 4.90 Å². The first-order chi connectivity index (χ1) is 14.2. The van der Waals surface area contributed by atoms with E-state index in [4.69, 9.17) is 14.6 Å². The molecule has 0 saturated carbocycles. The Hall–Kier alpha value is -2.81. The predicted octanol–water partition coefficient (Wildman–Crippen LogP) is 2.15. The molecule has 1 aliphatic heterocycles. The van der Waals surface area contributed by atoms with E-state index in [1.54, 1.807) is 4.68 Å². The maximum absolute atomic E-state index is 9.66. The van der Waals surface area contributed by atoms with Gasteiger partial charge in [-0.1, -0.05) is 23.8 Å². The van der Waals surface area contributed by atoms with E-state index >= 15 is 0 Å². The summed E-state index contributed by atoms with van der Waals surface area (Å²) in [7, 11) is 1.54. The van der Waals surface area contributed by atoms with Gasteiger partial charge in [0.05, 0.1) is 25.5 Å². The molecule has 1 atom stereocenters. The smallest absolute Gasteiger partial charge is 0.164 e. The van der Waals surface area contributed by atoms with Crippen molar-refractivity contribution in [2.24, 2.45) is 0 Å². The molecule has 1 N–H and O–H groups in total. The summed E-state index contributed by atoms with van der Waals surface area (Å²) in [6.07, 6.45) is 1.29.